The maximum Gasteiger partial charge on any atom is 0.226 e. The molecule has 0 unspecified atom stereocenters. The lowest BCUT2D eigenvalue weighted by Gasteiger charge is -2.07. The predicted octanol–water partition coefficient (Wildman–Crippen LogP) is 3.33. The Bertz CT molecular complexity index is 1210. The Kier molecular flexibility index (Phi) is 3.11. The average Bonchev–Trinajstić information content (AvgIpc) is 3.35. The first-order valence-corrected chi connectivity index (χ1v) is 8.04. The molecule has 0 aliphatic carbocycles. The Morgan fingerprint density at radius 1 is 1.15 bits per heavy atom. The van der Waals surface area contributed by atoms with Crippen LogP contribution in [0.25, 0.3) is 28.1 Å². The third kappa shape index (κ3) is 2.42. The molecule has 0 bridgehead atoms. The molecule has 0 fully saturated rings. The molecule has 0 saturated heterocycles. The number of nitrogens with zero attached hydrogens (tertiary/aromatic N) is 2. The SMILES string of the molecule is O=C1C=C(Nc2ccc3[nH]cnc3c2)OC1=Cc1c[nH]c2ncccc12. The van der Waals surface area contributed by atoms with E-state index in [0.29, 0.717) is 5.88 Å². The molecule has 4 heterocycles. The van der Waals surface area contributed by atoms with E-state index < -0.39 is 0 Å². The van der Waals surface area contributed by atoms with Gasteiger partial charge in [0.05, 0.1) is 23.4 Å². The number of nitrogens with one attached hydrogen (secondary N) is 3. The third-order valence-corrected chi connectivity index (χ3v) is 4.18. The molecule has 1 aliphatic rings. The van der Waals surface area contributed by atoms with Gasteiger partial charge in [-0.2, -0.15) is 0 Å². The van der Waals surface area contributed by atoms with Crippen LogP contribution in [0.4, 0.5) is 5.69 Å². The minimum Gasteiger partial charge on any atom is -0.437 e. The van der Waals surface area contributed by atoms with Crippen LogP contribution in [0.3, 0.4) is 0 Å². The highest BCUT2D eigenvalue weighted by molar-refractivity contribution is 6.09. The Balaban J connectivity index is 1.40. The summed E-state index contributed by atoms with van der Waals surface area (Å²) >= 11 is 0. The molecule has 3 aromatic heterocycles. The van der Waals surface area contributed by atoms with Crippen LogP contribution in [0.5, 0.6) is 0 Å². The number of benzene rings is 1. The molecule has 0 atom stereocenters. The first kappa shape index (κ1) is 14.5. The van der Waals surface area contributed by atoms with E-state index in [9.17, 15) is 4.79 Å². The number of pyridine rings is 1. The maximum atomic E-state index is 12.3. The molecule has 0 radical (unpaired) electrons. The smallest absolute Gasteiger partial charge is 0.226 e. The summed E-state index contributed by atoms with van der Waals surface area (Å²) in [5, 5.41) is 4.04. The summed E-state index contributed by atoms with van der Waals surface area (Å²) in [6, 6.07) is 9.48. The molecule has 4 aromatic rings. The second-order valence-corrected chi connectivity index (χ2v) is 5.89. The Morgan fingerprint density at radius 3 is 3.08 bits per heavy atom. The van der Waals surface area contributed by atoms with Gasteiger partial charge in [-0.1, -0.05) is 0 Å². The lowest BCUT2D eigenvalue weighted by atomic mass is 10.2. The zero-order valence-electron chi connectivity index (χ0n) is 13.5. The summed E-state index contributed by atoms with van der Waals surface area (Å²) in [7, 11) is 0. The van der Waals surface area contributed by atoms with Gasteiger partial charge in [-0.25, -0.2) is 9.97 Å². The van der Waals surface area contributed by atoms with Crippen LogP contribution in [0, 0.1) is 0 Å². The fourth-order valence-electron chi connectivity index (χ4n) is 2.94. The Hall–Kier alpha value is -3.87. The summed E-state index contributed by atoms with van der Waals surface area (Å²) in [5.74, 6) is 0.457. The fraction of sp³-hybridized carbons (Fsp3) is 0. The number of ether oxygens (including phenoxy) is 1. The van der Waals surface area contributed by atoms with Crippen molar-refractivity contribution in [2.75, 3.05) is 5.32 Å². The van der Waals surface area contributed by atoms with Crippen LogP contribution in [0.15, 0.2) is 66.8 Å². The highest BCUT2D eigenvalue weighted by atomic mass is 16.5. The number of anilines is 1. The lowest BCUT2D eigenvalue weighted by molar-refractivity contribution is -0.112. The van der Waals surface area contributed by atoms with Gasteiger partial charge in [0.25, 0.3) is 0 Å². The van der Waals surface area contributed by atoms with E-state index in [1.807, 2.05) is 30.3 Å². The van der Waals surface area contributed by atoms with E-state index in [-0.39, 0.29) is 11.5 Å². The van der Waals surface area contributed by atoms with Crippen molar-refractivity contribution in [2.45, 2.75) is 0 Å². The third-order valence-electron chi connectivity index (χ3n) is 4.18. The number of carbonyl (C=O) groups is 1. The van der Waals surface area contributed by atoms with Crippen LogP contribution in [0.1, 0.15) is 5.56 Å². The topological polar surface area (TPSA) is 95.7 Å². The van der Waals surface area contributed by atoms with Crippen molar-refractivity contribution in [3.63, 3.8) is 0 Å². The van der Waals surface area contributed by atoms with Crippen LogP contribution >= 0.6 is 0 Å². The number of allylic oxidation sites excluding steroid dienone is 1. The van der Waals surface area contributed by atoms with Gasteiger partial charge in [0.1, 0.15) is 5.65 Å². The molecule has 0 saturated carbocycles. The number of aromatic nitrogens is 4. The Labute approximate surface area is 147 Å². The van der Waals surface area contributed by atoms with Crippen molar-refractivity contribution >= 4 is 39.6 Å². The zero-order valence-corrected chi connectivity index (χ0v) is 13.5. The molecule has 1 aromatic carbocycles. The number of ketones is 1. The maximum absolute atomic E-state index is 12.3. The molecule has 3 N–H and O–H groups in total. The van der Waals surface area contributed by atoms with E-state index in [1.54, 1.807) is 24.8 Å². The number of aromatic amines is 2. The van der Waals surface area contributed by atoms with Crippen LogP contribution < -0.4 is 5.32 Å². The van der Waals surface area contributed by atoms with E-state index in [0.717, 1.165) is 33.3 Å². The number of rotatable bonds is 3. The second kappa shape index (κ2) is 5.59. The molecule has 7 nitrogen and oxygen atoms in total. The summed E-state index contributed by atoms with van der Waals surface area (Å²) in [6.45, 7) is 0. The zero-order chi connectivity index (χ0) is 17.5. The van der Waals surface area contributed by atoms with Crippen LogP contribution in [-0.2, 0) is 9.53 Å². The molecule has 7 heteroatoms. The first-order valence-electron chi connectivity index (χ1n) is 8.04. The van der Waals surface area contributed by atoms with E-state index in [2.05, 4.69) is 25.3 Å². The average molecular weight is 343 g/mol. The number of imidazole rings is 1. The van der Waals surface area contributed by atoms with E-state index >= 15 is 0 Å². The summed E-state index contributed by atoms with van der Waals surface area (Å²) in [4.78, 5) is 26.8. The van der Waals surface area contributed by atoms with Crippen molar-refractivity contribution in [1.82, 2.24) is 19.9 Å². The van der Waals surface area contributed by atoms with Crippen molar-refractivity contribution in [2.24, 2.45) is 0 Å². The molecule has 1 aliphatic heterocycles. The quantitative estimate of drug-likeness (QED) is 0.496. The number of fused-ring (bicyclic) bond motifs is 2. The molecule has 26 heavy (non-hydrogen) atoms. The first-order chi connectivity index (χ1) is 12.8. The van der Waals surface area contributed by atoms with Gasteiger partial charge in [0, 0.05) is 29.0 Å². The number of carbonyl (C=O) groups excluding carboxylic acids is 1. The number of hydrogen-bond donors (Lipinski definition) is 3. The second-order valence-electron chi connectivity index (χ2n) is 5.89. The minimum absolute atomic E-state index is 0.188. The van der Waals surface area contributed by atoms with Gasteiger partial charge in [-0.15, -0.1) is 0 Å². The summed E-state index contributed by atoms with van der Waals surface area (Å²) in [6.07, 6.45) is 8.31. The van der Waals surface area contributed by atoms with Crippen LogP contribution in [0.2, 0.25) is 0 Å². The van der Waals surface area contributed by atoms with Gasteiger partial charge in [-0.3, -0.25) is 4.79 Å². The number of hydrogen-bond acceptors (Lipinski definition) is 5. The standard InChI is InChI=1S/C19H13N5O2/c25-16-8-18(24-12-3-4-14-15(7-12)23-10-22-14)26-17(16)6-11-9-21-19-13(11)2-1-5-20-19/h1-10,24H,(H,20,21)(H,22,23). The minimum atomic E-state index is -0.188. The van der Waals surface area contributed by atoms with E-state index in [1.165, 1.54) is 6.08 Å². The predicted molar refractivity (Wildman–Crippen MR) is 98.0 cm³/mol. The number of H-pyrrole nitrogens is 2. The van der Waals surface area contributed by atoms with Gasteiger partial charge in [0.15, 0.2) is 5.76 Å². The van der Waals surface area contributed by atoms with Crippen molar-refractivity contribution < 1.29 is 9.53 Å². The molecular formula is C19H13N5O2. The van der Waals surface area contributed by atoms with Crippen LogP contribution in [-0.4, -0.2) is 25.7 Å². The van der Waals surface area contributed by atoms with Gasteiger partial charge >= 0.3 is 0 Å². The van der Waals surface area contributed by atoms with Gasteiger partial charge in [-0.05, 0) is 36.4 Å². The van der Waals surface area contributed by atoms with Crippen molar-refractivity contribution in [3.05, 3.63) is 72.3 Å². The molecule has 5 rings (SSSR count). The van der Waals surface area contributed by atoms with E-state index in [4.69, 9.17) is 4.74 Å². The fourth-order valence-corrected chi connectivity index (χ4v) is 2.94. The van der Waals surface area contributed by atoms with Crippen molar-refractivity contribution in [3.8, 4) is 0 Å². The normalized spacial score (nSPS) is 15.6. The van der Waals surface area contributed by atoms with Crippen molar-refractivity contribution in [1.29, 1.82) is 0 Å². The summed E-state index contributed by atoms with van der Waals surface area (Å²) in [5.41, 5.74) is 4.19. The lowest BCUT2D eigenvalue weighted by Crippen LogP contribution is -1.99. The molecular weight excluding hydrogens is 330 g/mol. The Morgan fingerprint density at radius 2 is 2.12 bits per heavy atom. The highest BCUT2D eigenvalue weighted by Gasteiger charge is 2.21. The molecule has 0 spiro atoms. The monoisotopic (exact) mass is 343 g/mol. The summed E-state index contributed by atoms with van der Waals surface area (Å²) < 4.78 is 5.69. The molecule has 0 amide bonds. The highest BCUT2D eigenvalue weighted by Crippen LogP contribution is 2.25. The largest absolute Gasteiger partial charge is 0.437 e. The molecule has 126 valence electrons. The van der Waals surface area contributed by atoms with Gasteiger partial charge < -0.3 is 20.0 Å². The van der Waals surface area contributed by atoms with Gasteiger partial charge in [0.2, 0.25) is 11.7 Å².